The molecular weight excluding hydrogens is 376 g/mol. The van der Waals surface area contributed by atoms with Gasteiger partial charge >= 0.3 is 0 Å². The smallest absolute Gasteiger partial charge is 0.286 e. The Bertz CT molecular complexity index is 1260. The number of nitrogens with one attached hydrogen (secondary N) is 3. The van der Waals surface area contributed by atoms with Crippen molar-refractivity contribution in [1.29, 1.82) is 0 Å². The number of carbonyl (C=O) groups excluding carboxylic acids is 1. The van der Waals surface area contributed by atoms with E-state index in [1.54, 1.807) is 6.20 Å². The summed E-state index contributed by atoms with van der Waals surface area (Å²) in [5, 5.41) is 1.06. The average molecular weight is 398 g/mol. The van der Waals surface area contributed by atoms with E-state index in [0.29, 0.717) is 23.0 Å². The van der Waals surface area contributed by atoms with Gasteiger partial charge in [-0.3, -0.25) is 20.6 Å². The van der Waals surface area contributed by atoms with Crippen LogP contribution < -0.4 is 10.9 Å². The number of nitrogens with zero attached hydrogens (tertiary/aromatic N) is 3. The summed E-state index contributed by atoms with van der Waals surface area (Å²) in [6.45, 7) is 4.13. The molecule has 0 spiro atoms. The molecule has 4 aromatic rings. The molecule has 5 rings (SSSR count). The van der Waals surface area contributed by atoms with Crippen molar-refractivity contribution in [3.8, 4) is 11.5 Å². The minimum atomic E-state index is -0.243. The summed E-state index contributed by atoms with van der Waals surface area (Å²) >= 11 is 0. The van der Waals surface area contributed by atoms with Gasteiger partial charge in [-0.15, -0.1) is 0 Å². The molecule has 7 heteroatoms. The molecule has 30 heavy (non-hydrogen) atoms. The van der Waals surface area contributed by atoms with Crippen LogP contribution in [-0.2, 0) is 12.8 Å². The van der Waals surface area contributed by atoms with Gasteiger partial charge in [-0.2, -0.15) is 0 Å². The number of hydrazine groups is 1. The third kappa shape index (κ3) is 3.18. The number of hydrogen-bond acceptors (Lipinski definition) is 5. The molecule has 1 amide bonds. The Morgan fingerprint density at radius 2 is 2.00 bits per heavy atom. The molecule has 0 atom stereocenters. The quantitative estimate of drug-likeness (QED) is 0.454. The minimum absolute atomic E-state index is 0.243. The largest absolute Gasteiger partial charge is 0.350 e. The second kappa shape index (κ2) is 7.26. The van der Waals surface area contributed by atoms with Gasteiger partial charge in [0.15, 0.2) is 11.6 Å². The van der Waals surface area contributed by atoms with Crippen molar-refractivity contribution in [3.05, 3.63) is 70.7 Å². The summed E-state index contributed by atoms with van der Waals surface area (Å²) in [7, 11) is 0. The molecule has 0 fully saturated rings. The van der Waals surface area contributed by atoms with E-state index in [-0.39, 0.29) is 5.91 Å². The highest BCUT2D eigenvalue weighted by Crippen LogP contribution is 2.28. The van der Waals surface area contributed by atoms with Crippen LogP contribution in [0.15, 0.2) is 42.6 Å². The van der Waals surface area contributed by atoms with Crippen LogP contribution in [-0.4, -0.2) is 25.8 Å². The van der Waals surface area contributed by atoms with E-state index in [0.717, 1.165) is 41.4 Å². The molecule has 1 aliphatic carbocycles. The maximum absolute atomic E-state index is 12.8. The third-order valence-corrected chi connectivity index (χ3v) is 5.71. The molecule has 7 nitrogen and oxygen atoms in total. The lowest BCUT2D eigenvalue weighted by Crippen LogP contribution is -2.30. The maximum Gasteiger partial charge on any atom is 0.286 e. The summed E-state index contributed by atoms with van der Waals surface area (Å²) in [4.78, 5) is 29.6. The summed E-state index contributed by atoms with van der Waals surface area (Å²) in [5.41, 5.74) is 12.4. The summed E-state index contributed by atoms with van der Waals surface area (Å²) in [5.74, 6) is 0.951. The molecule has 0 bridgehead atoms. The fraction of sp³-hybridized carbons (Fsp3) is 0.217. The number of fused-ring (bicyclic) bond motifs is 2. The van der Waals surface area contributed by atoms with Gasteiger partial charge in [0, 0.05) is 28.4 Å². The van der Waals surface area contributed by atoms with Crippen LogP contribution in [0.2, 0.25) is 0 Å². The van der Waals surface area contributed by atoms with E-state index in [9.17, 15) is 4.79 Å². The van der Waals surface area contributed by atoms with Crippen molar-refractivity contribution in [3.63, 3.8) is 0 Å². The molecule has 3 N–H and O–H groups in total. The summed E-state index contributed by atoms with van der Waals surface area (Å²) in [6.07, 6.45) is 4.54. The lowest BCUT2D eigenvalue weighted by Gasteiger charge is -2.12. The van der Waals surface area contributed by atoms with E-state index >= 15 is 0 Å². The second-order valence-electron chi connectivity index (χ2n) is 7.62. The van der Waals surface area contributed by atoms with Gasteiger partial charge in [0.25, 0.3) is 5.91 Å². The fourth-order valence-electron chi connectivity index (χ4n) is 3.91. The van der Waals surface area contributed by atoms with Crippen LogP contribution in [0.5, 0.6) is 0 Å². The van der Waals surface area contributed by atoms with Gasteiger partial charge in [-0.25, -0.2) is 9.97 Å². The lowest BCUT2D eigenvalue weighted by atomic mass is 10.1. The van der Waals surface area contributed by atoms with Crippen molar-refractivity contribution in [2.45, 2.75) is 33.1 Å². The Balaban J connectivity index is 1.42. The number of hydrogen-bond donors (Lipinski definition) is 3. The van der Waals surface area contributed by atoms with Crippen molar-refractivity contribution in [1.82, 2.24) is 25.4 Å². The summed E-state index contributed by atoms with van der Waals surface area (Å²) < 4.78 is 0. The first-order valence-corrected chi connectivity index (χ1v) is 10.1. The topological polar surface area (TPSA) is 95.6 Å². The van der Waals surface area contributed by atoms with Gasteiger partial charge in [0.2, 0.25) is 0 Å². The standard InChI is InChI=1S/C23H22N6O/c1-13-9-10-18-16(14(13)2)12-20(25-18)23(30)29-28-21-15-6-5-8-17(15)26-22(27-21)19-7-3-4-11-24-19/h3-4,7,9-12,25H,5-6,8H2,1-2H3,(H,29,30)(H,26,27,28). The first kappa shape index (κ1) is 18.3. The number of benzene rings is 1. The number of aromatic nitrogens is 4. The number of H-pyrrole nitrogens is 1. The molecule has 3 aromatic heterocycles. The number of anilines is 1. The van der Waals surface area contributed by atoms with Crippen LogP contribution in [0.4, 0.5) is 5.82 Å². The molecule has 0 saturated carbocycles. The Morgan fingerprint density at radius 1 is 1.10 bits per heavy atom. The van der Waals surface area contributed by atoms with Gasteiger partial charge < -0.3 is 4.98 Å². The molecule has 0 saturated heterocycles. The van der Waals surface area contributed by atoms with E-state index in [1.165, 1.54) is 11.1 Å². The number of aryl methyl sites for hydroxylation is 3. The Kier molecular flexibility index (Phi) is 4.43. The Labute approximate surface area is 174 Å². The zero-order valence-electron chi connectivity index (χ0n) is 16.9. The third-order valence-electron chi connectivity index (χ3n) is 5.71. The molecule has 150 valence electrons. The van der Waals surface area contributed by atoms with Crippen molar-refractivity contribution >= 4 is 22.6 Å². The molecule has 1 aliphatic rings. The van der Waals surface area contributed by atoms with E-state index in [4.69, 9.17) is 0 Å². The normalized spacial score (nSPS) is 12.7. The average Bonchev–Trinajstić information content (AvgIpc) is 3.42. The zero-order valence-corrected chi connectivity index (χ0v) is 16.9. The summed E-state index contributed by atoms with van der Waals surface area (Å²) in [6, 6.07) is 11.6. The molecule has 1 aromatic carbocycles. The van der Waals surface area contributed by atoms with E-state index in [2.05, 4.69) is 50.7 Å². The predicted molar refractivity (Wildman–Crippen MR) is 116 cm³/mol. The molecular formula is C23H22N6O. The monoisotopic (exact) mass is 398 g/mol. The molecule has 0 radical (unpaired) electrons. The number of amides is 1. The molecule has 0 unspecified atom stereocenters. The van der Waals surface area contributed by atoms with Gasteiger partial charge in [0.1, 0.15) is 11.4 Å². The molecule has 0 aliphatic heterocycles. The van der Waals surface area contributed by atoms with Crippen LogP contribution in [0.1, 0.15) is 39.3 Å². The number of rotatable bonds is 4. The number of aromatic amines is 1. The molecule has 3 heterocycles. The van der Waals surface area contributed by atoms with Crippen LogP contribution in [0, 0.1) is 13.8 Å². The zero-order chi connectivity index (χ0) is 20.7. The fourth-order valence-corrected chi connectivity index (χ4v) is 3.91. The highest BCUT2D eigenvalue weighted by molar-refractivity contribution is 5.99. The highest BCUT2D eigenvalue weighted by atomic mass is 16.2. The number of carbonyl (C=O) groups is 1. The SMILES string of the molecule is Cc1ccc2[nH]c(C(=O)NNc3nc(-c4ccccn4)nc4c3CCC4)cc2c1C. The van der Waals surface area contributed by atoms with Crippen molar-refractivity contribution in [2.75, 3.05) is 5.43 Å². The lowest BCUT2D eigenvalue weighted by molar-refractivity contribution is 0.0958. The first-order chi connectivity index (χ1) is 14.6. The van der Waals surface area contributed by atoms with E-state index < -0.39 is 0 Å². The van der Waals surface area contributed by atoms with Crippen molar-refractivity contribution < 1.29 is 4.79 Å². The Morgan fingerprint density at radius 3 is 2.83 bits per heavy atom. The van der Waals surface area contributed by atoms with Crippen LogP contribution in [0.25, 0.3) is 22.4 Å². The van der Waals surface area contributed by atoms with Gasteiger partial charge in [-0.1, -0.05) is 12.1 Å². The van der Waals surface area contributed by atoms with Crippen molar-refractivity contribution in [2.24, 2.45) is 0 Å². The van der Waals surface area contributed by atoms with Gasteiger partial charge in [0.05, 0.1) is 0 Å². The second-order valence-corrected chi connectivity index (χ2v) is 7.62. The predicted octanol–water partition coefficient (Wildman–Crippen LogP) is 3.88. The number of pyridine rings is 1. The van der Waals surface area contributed by atoms with Crippen LogP contribution in [0.3, 0.4) is 0 Å². The minimum Gasteiger partial charge on any atom is -0.350 e. The highest BCUT2D eigenvalue weighted by Gasteiger charge is 2.21. The van der Waals surface area contributed by atoms with Crippen LogP contribution >= 0.6 is 0 Å². The Hall–Kier alpha value is -3.74. The first-order valence-electron chi connectivity index (χ1n) is 10.1. The van der Waals surface area contributed by atoms with Gasteiger partial charge in [-0.05, 0) is 68.5 Å². The maximum atomic E-state index is 12.8. The van der Waals surface area contributed by atoms with E-state index in [1.807, 2.05) is 30.3 Å².